The number of hydrogen-bond acceptors (Lipinski definition) is 9. The van der Waals surface area contributed by atoms with Crippen LogP contribution in [0.1, 0.15) is 34.8 Å². The largest absolute Gasteiger partial charge is 0.468 e. The first-order valence-corrected chi connectivity index (χ1v) is 12.6. The van der Waals surface area contributed by atoms with Crippen molar-refractivity contribution in [2.24, 2.45) is 0 Å². The van der Waals surface area contributed by atoms with Gasteiger partial charge < -0.3 is 14.2 Å². The van der Waals surface area contributed by atoms with E-state index in [0.29, 0.717) is 0 Å². The van der Waals surface area contributed by atoms with E-state index in [1.54, 1.807) is 0 Å². The van der Waals surface area contributed by atoms with Crippen LogP contribution in [0.5, 0.6) is 0 Å². The highest BCUT2D eigenvalue weighted by molar-refractivity contribution is 5.79. The second-order valence-electron chi connectivity index (χ2n) is 9.20. The van der Waals surface area contributed by atoms with Gasteiger partial charge in [0.15, 0.2) is 0 Å². The van der Waals surface area contributed by atoms with E-state index in [4.69, 9.17) is 14.2 Å². The molecule has 3 aromatic rings. The first-order chi connectivity index (χ1) is 19.0. The summed E-state index contributed by atoms with van der Waals surface area (Å²) in [5.41, 5.74) is 2.19. The van der Waals surface area contributed by atoms with Crippen LogP contribution in [0.25, 0.3) is 0 Å². The number of benzene rings is 3. The van der Waals surface area contributed by atoms with Crippen molar-refractivity contribution < 1.29 is 28.6 Å². The summed E-state index contributed by atoms with van der Waals surface area (Å²) in [7, 11) is 4.04. The van der Waals surface area contributed by atoms with E-state index >= 15 is 0 Å². The lowest BCUT2D eigenvalue weighted by Crippen LogP contribution is -2.60. The number of methoxy groups -OCH3 is 3. The molecule has 39 heavy (non-hydrogen) atoms. The summed E-state index contributed by atoms with van der Waals surface area (Å²) in [6.45, 7) is 0.674. The lowest BCUT2D eigenvalue weighted by Gasteiger charge is -2.48. The Morgan fingerprint density at radius 3 is 0.923 bits per heavy atom. The van der Waals surface area contributed by atoms with Crippen molar-refractivity contribution in [3.63, 3.8) is 0 Å². The third-order valence-corrected chi connectivity index (χ3v) is 6.80. The van der Waals surface area contributed by atoms with Crippen LogP contribution in [0.4, 0.5) is 0 Å². The maximum absolute atomic E-state index is 13.2. The monoisotopic (exact) mass is 531 g/mol. The van der Waals surface area contributed by atoms with Crippen LogP contribution in [0.15, 0.2) is 91.0 Å². The van der Waals surface area contributed by atoms with Crippen LogP contribution < -0.4 is 0 Å². The summed E-state index contributed by atoms with van der Waals surface area (Å²) in [5.74, 6) is -1.36. The van der Waals surface area contributed by atoms with Crippen molar-refractivity contribution in [2.75, 3.05) is 41.3 Å². The Morgan fingerprint density at radius 1 is 0.487 bits per heavy atom. The molecule has 0 unspecified atom stereocenters. The van der Waals surface area contributed by atoms with Gasteiger partial charge in [-0.3, -0.25) is 14.7 Å². The quantitative estimate of drug-likeness (QED) is 0.304. The molecule has 9 nitrogen and oxygen atoms in total. The average Bonchev–Trinajstić information content (AvgIpc) is 2.99. The van der Waals surface area contributed by atoms with Gasteiger partial charge in [-0.05, 0) is 16.7 Å². The van der Waals surface area contributed by atoms with Gasteiger partial charge in [0.25, 0.3) is 0 Å². The minimum atomic E-state index is -0.787. The molecule has 0 aromatic heterocycles. The zero-order valence-electron chi connectivity index (χ0n) is 22.3. The lowest BCUT2D eigenvalue weighted by molar-refractivity contribution is -0.167. The molecule has 3 aromatic carbocycles. The predicted octanol–water partition coefficient (Wildman–Crippen LogP) is 3.52. The molecule has 9 heteroatoms. The normalized spacial score (nSPS) is 17.0. The lowest BCUT2D eigenvalue weighted by atomic mass is 10.0. The van der Waals surface area contributed by atoms with Crippen LogP contribution in [-0.2, 0) is 28.6 Å². The van der Waals surface area contributed by atoms with Crippen LogP contribution in [0.3, 0.4) is 0 Å². The SMILES string of the molecule is COC(=O)[C@@H](c1ccccc1)N1CN([C@@H](C(=O)OC)c2ccccc2)CN([C@@H](C(=O)OC)c2ccccc2)C1. The smallest absolute Gasteiger partial charge is 0.327 e. The molecule has 0 bridgehead atoms. The zero-order valence-corrected chi connectivity index (χ0v) is 22.3. The average molecular weight is 532 g/mol. The summed E-state index contributed by atoms with van der Waals surface area (Å²) < 4.78 is 15.7. The number of ether oxygens (including phenoxy) is 3. The first-order valence-electron chi connectivity index (χ1n) is 12.6. The Bertz CT molecular complexity index is 1080. The minimum Gasteiger partial charge on any atom is -0.468 e. The van der Waals surface area contributed by atoms with Gasteiger partial charge in [0.2, 0.25) is 0 Å². The fraction of sp³-hybridized carbons (Fsp3) is 0.300. The van der Waals surface area contributed by atoms with Crippen LogP contribution in [0.2, 0.25) is 0 Å². The van der Waals surface area contributed by atoms with Crippen LogP contribution >= 0.6 is 0 Å². The van der Waals surface area contributed by atoms with E-state index in [-0.39, 0.29) is 20.0 Å². The molecule has 0 spiro atoms. The molecule has 1 fully saturated rings. The number of nitrogens with zero attached hydrogens (tertiary/aromatic N) is 3. The number of carbonyl (C=O) groups is 3. The van der Waals surface area contributed by atoms with Crippen molar-refractivity contribution in [1.29, 1.82) is 0 Å². The van der Waals surface area contributed by atoms with E-state index in [0.717, 1.165) is 16.7 Å². The molecule has 0 aliphatic carbocycles. The Labute approximate surface area is 228 Å². The summed E-state index contributed by atoms with van der Waals surface area (Å²) in [5, 5.41) is 0. The minimum absolute atomic E-state index is 0.225. The fourth-order valence-electron chi connectivity index (χ4n) is 5.05. The Balaban J connectivity index is 1.82. The van der Waals surface area contributed by atoms with E-state index in [1.807, 2.05) is 106 Å². The number of carbonyl (C=O) groups excluding carboxylic acids is 3. The van der Waals surface area contributed by atoms with Gasteiger partial charge in [0, 0.05) is 0 Å². The molecule has 204 valence electrons. The van der Waals surface area contributed by atoms with Crippen LogP contribution in [-0.4, -0.2) is 73.9 Å². The molecule has 0 saturated carbocycles. The topological polar surface area (TPSA) is 88.6 Å². The molecule has 1 heterocycles. The van der Waals surface area contributed by atoms with Gasteiger partial charge in [0.05, 0.1) is 41.3 Å². The van der Waals surface area contributed by atoms with Crippen LogP contribution in [0, 0.1) is 0 Å². The highest BCUT2D eigenvalue weighted by atomic mass is 16.5. The van der Waals surface area contributed by atoms with E-state index in [1.165, 1.54) is 21.3 Å². The van der Waals surface area contributed by atoms with E-state index in [9.17, 15) is 14.4 Å². The molecule has 3 atom stereocenters. The Hall–Kier alpha value is -4.05. The summed E-state index contributed by atoms with van der Waals surface area (Å²) in [6.07, 6.45) is 0. The maximum Gasteiger partial charge on any atom is 0.327 e. The molecular formula is C30H33N3O6. The predicted molar refractivity (Wildman–Crippen MR) is 144 cm³/mol. The first kappa shape index (κ1) is 28.0. The number of esters is 3. The summed E-state index contributed by atoms with van der Waals surface area (Å²) in [4.78, 5) is 45.3. The summed E-state index contributed by atoms with van der Waals surface area (Å²) in [6, 6.07) is 25.5. The highest BCUT2D eigenvalue weighted by Gasteiger charge is 2.43. The highest BCUT2D eigenvalue weighted by Crippen LogP contribution is 2.34. The second kappa shape index (κ2) is 13.1. The molecule has 0 radical (unpaired) electrons. The molecule has 1 saturated heterocycles. The van der Waals surface area contributed by atoms with Crippen molar-refractivity contribution in [1.82, 2.24) is 14.7 Å². The standard InChI is InChI=1S/C30H33N3O6/c1-37-28(34)25(22-13-7-4-8-14-22)31-19-32(26(29(35)38-2)23-15-9-5-10-16-23)21-33(20-31)27(30(36)39-3)24-17-11-6-12-18-24/h4-18,25-27H,19-21H2,1-3H3/t25-,26-,27-/m1/s1. The Morgan fingerprint density at radius 2 is 0.718 bits per heavy atom. The fourth-order valence-corrected chi connectivity index (χ4v) is 5.05. The number of rotatable bonds is 9. The number of hydrogen-bond donors (Lipinski definition) is 0. The van der Waals surface area contributed by atoms with Gasteiger partial charge in [-0.25, -0.2) is 14.4 Å². The maximum atomic E-state index is 13.2. The van der Waals surface area contributed by atoms with Gasteiger partial charge >= 0.3 is 17.9 Å². The van der Waals surface area contributed by atoms with E-state index in [2.05, 4.69) is 0 Å². The van der Waals surface area contributed by atoms with Gasteiger partial charge in [-0.15, -0.1) is 0 Å². The molecule has 4 rings (SSSR count). The molecule has 0 N–H and O–H groups in total. The van der Waals surface area contributed by atoms with Crippen molar-refractivity contribution in [3.8, 4) is 0 Å². The molecule has 1 aliphatic rings. The van der Waals surface area contributed by atoms with Crippen molar-refractivity contribution >= 4 is 17.9 Å². The Kier molecular flexibility index (Phi) is 9.43. The zero-order chi connectivity index (χ0) is 27.8. The third-order valence-electron chi connectivity index (χ3n) is 6.80. The van der Waals surface area contributed by atoms with E-state index < -0.39 is 36.0 Å². The van der Waals surface area contributed by atoms with Gasteiger partial charge in [-0.1, -0.05) is 91.0 Å². The summed E-state index contributed by atoms with van der Waals surface area (Å²) >= 11 is 0. The van der Waals surface area contributed by atoms with Gasteiger partial charge in [-0.2, -0.15) is 0 Å². The van der Waals surface area contributed by atoms with Gasteiger partial charge in [0.1, 0.15) is 18.1 Å². The molecule has 1 aliphatic heterocycles. The second-order valence-corrected chi connectivity index (χ2v) is 9.20. The molecule has 0 amide bonds. The molecular weight excluding hydrogens is 498 g/mol. The van der Waals surface area contributed by atoms with Crippen molar-refractivity contribution in [2.45, 2.75) is 18.1 Å². The third kappa shape index (κ3) is 6.34. The van der Waals surface area contributed by atoms with Crippen molar-refractivity contribution in [3.05, 3.63) is 108 Å².